The van der Waals surface area contributed by atoms with Crippen LogP contribution in [0.25, 0.3) is 11.0 Å². The Morgan fingerprint density at radius 2 is 2.35 bits per heavy atom. The summed E-state index contributed by atoms with van der Waals surface area (Å²) in [6.07, 6.45) is 0.246. The molecule has 0 atom stereocenters. The summed E-state index contributed by atoms with van der Waals surface area (Å²) in [4.78, 5) is 15.6. The SMILES string of the molecule is COCCNC(=O)CCn1c(N)nc2c(F)cccc21. The molecule has 20 heavy (non-hydrogen) atoms. The highest BCUT2D eigenvalue weighted by molar-refractivity contribution is 5.80. The van der Waals surface area contributed by atoms with Gasteiger partial charge in [0.15, 0.2) is 5.82 Å². The first kappa shape index (κ1) is 14.3. The van der Waals surface area contributed by atoms with Gasteiger partial charge in [0.2, 0.25) is 11.9 Å². The largest absolute Gasteiger partial charge is 0.383 e. The van der Waals surface area contributed by atoms with Crippen LogP contribution in [-0.4, -0.2) is 35.7 Å². The number of nitrogens with zero attached hydrogens (tertiary/aromatic N) is 2. The minimum absolute atomic E-state index is 0.111. The van der Waals surface area contributed by atoms with E-state index in [0.29, 0.717) is 25.2 Å². The standard InChI is InChI=1S/C13H17FN4O2/c1-20-8-6-16-11(19)5-7-18-10-4-2-3-9(14)12(10)17-13(18)15/h2-4H,5-8H2,1H3,(H2,15,17)(H,16,19). The van der Waals surface area contributed by atoms with Gasteiger partial charge in [-0.3, -0.25) is 4.79 Å². The summed E-state index contributed by atoms with van der Waals surface area (Å²) in [7, 11) is 1.57. The summed E-state index contributed by atoms with van der Waals surface area (Å²) < 4.78 is 20.0. The minimum Gasteiger partial charge on any atom is -0.383 e. The Labute approximate surface area is 115 Å². The second kappa shape index (κ2) is 6.33. The quantitative estimate of drug-likeness (QED) is 0.771. The number of aryl methyl sites for hydroxylation is 1. The van der Waals surface area contributed by atoms with Crippen molar-refractivity contribution >= 4 is 22.9 Å². The van der Waals surface area contributed by atoms with Crippen molar-refractivity contribution in [3.63, 3.8) is 0 Å². The zero-order valence-corrected chi connectivity index (χ0v) is 11.2. The summed E-state index contributed by atoms with van der Waals surface area (Å²) in [5.41, 5.74) is 6.58. The van der Waals surface area contributed by atoms with Gasteiger partial charge in [-0.2, -0.15) is 0 Å². The number of aromatic nitrogens is 2. The number of methoxy groups -OCH3 is 1. The molecule has 0 saturated heterocycles. The molecule has 0 aliphatic carbocycles. The van der Waals surface area contributed by atoms with Crippen molar-refractivity contribution in [2.24, 2.45) is 0 Å². The third kappa shape index (κ3) is 3.05. The number of nitrogen functional groups attached to an aromatic ring is 1. The third-order valence-electron chi connectivity index (χ3n) is 2.95. The molecule has 108 valence electrons. The van der Waals surface area contributed by atoms with Crippen LogP contribution in [0, 0.1) is 5.82 Å². The van der Waals surface area contributed by atoms with Crippen molar-refractivity contribution in [2.75, 3.05) is 26.0 Å². The number of nitrogens with two attached hydrogens (primary N) is 1. The normalized spacial score (nSPS) is 10.9. The number of para-hydroxylation sites is 1. The number of carbonyl (C=O) groups excluding carboxylic acids is 1. The lowest BCUT2D eigenvalue weighted by Crippen LogP contribution is -2.27. The van der Waals surface area contributed by atoms with Gasteiger partial charge < -0.3 is 20.4 Å². The molecule has 2 rings (SSSR count). The maximum Gasteiger partial charge on any atom is 0.221 e. The van der Waals surface area contributed by atoms with Gasteiger partial charge in [0.1, 0.15) is 5.52 Å². The van der Waals surface area contributed by atoms with Crippen LogP contribution in [0.1, 0.15) is 6.42 Å². The number of amides is 1. The zero-order chi connectivity index (χ0) is 14.5. The van der Waals surface area contributed by atoms with Crippen LogP contribution in [0.3, 0.4) is 0 Å². The summed E-state index contributed by atoms with van der Waals surface area (Å²) >= 11 is 0. The monoisotopic (exact) mass is 280 g/mol. The number of halogens is 1. The number of hydrogen-bond donors (Lipinski definition) is 2. The number of carbonyl (C=O) groups is 1. The van der Waals surface area contributed by atoms with E-state index < -0.39 is 5.82 Å². The zero-order valence-electron chi connectivity index (χ0n) is 11.2. The molecule has 0 aliphatic rings. The van der Waals surface area contributed by atoms with E-state index in [0.717, 1.165) is 0 Å². The Balaban J connectivity index is 2.05. The molecule has 0 unspecified atom stereocenters. The van der Waals surface area contributed by atoms with Crippen LogP contribution in [0.4, 0.5) is 10.3 Å². The first-order valence-corrected chi connectivity index (χ1v) is 6.29. The van der Waals surface area contributed by atoms with Crippen LogP contribution >= 0.6 is 0 Å². The minimum atomic E-state index is -0.419. The molecule has 3 N–H and O–H groups in total. The second-order valence-electron chi connectivity index (χ2n) is 4.32. The Hall–Kier alpha value is -2.15. The van der Waals surface area contributed by atoms with Gasteiger partial charge in [-0.15, -0.1) is 0 Å². The van der Waals surface area contributed by atoms with E-state index >= 15 is 0 Å². The fourth-order valence-electron chi connectivity index (χ4n) is 1.96. The molecule has 0 aliphatic heterocycles. The second-order valence-corrected chi connectivity index (χ2v) is 4.32. The fourth-order valence-corrected chi connectivity index (χ4v) is 1.96. The molecular weight excluding hydrogens is 263 g/mol. The van der Waals surface area contributed by atoms with Crippen molar-refractivity contribution in [3.05, 3.63) is 24.0 Å². The molecule has 0 bridgehead atoms. The number of hydrogen-bond acceptors (Lipinski definition) is 4. The summed E-state index contributed by atoms with van der Waals surface area (Å²) in [5.74, 6) is -0.327. The van der Waals surface area contributed by atoms with Gasteiger partial charge in [0.25, 0.3) is 0 Å². The third-order valence-corrected chi connectivity index (χ3v) is 2.95. The van der Waals surface area contributed by atoms with Gasteiger partial charge in [-0.1, -0.05) is 6.07 Å². The van der Waals surface area contributed by atoms with E-state index in [1.165, 1.54) is 6.07 Å². The van der Waals surface area contributed by atoms with Crippen LogP contribution < -0.4 is 11.1 Å². The van der Waals surface area contributed by atoms with E-state index in [-0.39, 0.29) is 23.8 Å². The first-order chi connectivity index (χ1) is 9.63. The number of rotatable bonds is 6. The average Bonchev–Trinajstić information content (AvgIpc) is 2.74. The van der Waals surface area contributed by atoms with Crippen molar-refractivity contribution < 1.29 is 13.9 Å². The predicted molar refractivity (Wildman–Crippen MR) is 73.6 cm³/mol. The number of benzene rings is 1. The Bertz CT molecular complexity index is 612. The van der Waals surface area contributed by atoms with E-state index in [1.807, 2.05) is 0 Å². The topological polar surface area (TPSA) is 82.2 Å². The van der Waals surface area contributed by atoms with Gasteiger partial charge in [-0.05, 0) is 12.1 Å². The van der Waals surface area contributed by atoms with E-state index in [2.05, 4.69) is 10.3 Å². The maximum absolute atomic E-state index is 13.6. The van der Waals surface area contributed by atoms with Crippen LogP contribution in [0.5, 0.6) is 0 Å². The van der Waals surface area contributed by atoms with Crippen molar-refractivity contribution in [2.45, 2.75) is 13.0 Å². The van der Waals surface area contributed by atoms with Gasteiger partial charge in [-0.25, -0.2) is 9.37 Å². The molecule has 1 heterocycles. The Kier molecular flexibility index (Phi) is 4.52. The predicted octanol–water partition coefficient (Wildman–Crippen LogP) is 0.910. The molecule has 2 aromatic rings. The number of nitrogens with one attached hydrogen (secondary N) is 1. The average molecular weight is 280 g/mol. The molecule has 0 radical (unpaired) electrons. The van der Waals surface area contributed by atoms with Gasteiger partial charge >= 0.3 is 0 Å². The van der Waals surface area contributed by atoms with Crippen LogP contribution in [0.2, 0.25) is 0 Å². The molecule has 0 spiro atoms. The number of anilines is 1. The lowest BCUT2D eigenvalue weighted by Gasteiger charge is -2.07. The highest BCUT2D eigenvalue weighted by Gasteiger charge is 2.12. The van der Waals surface area contributed by atoms with E-state index in [4.69, 9.17) is 10.5 Å². The number of imidazole rings is 1. The highest BCUT2D eigenvalue weighted by atomic mass is 19.1. The van der Waals surface area contributed by atoms with Gasteiger partial charge in [0.05, 0.1) is 12.1 Å². The van der Waals surface area contributed by atoms with E-state index in [1.54, 1.807) is 23.8 Å². The summed E-state index contributed by atoms with van der Waals surface area (Å²) in [5, 5.41) is 2.71. The Morgan fingerprint density at radius 1 is 1.55 bits per heavy atom. The molecule has 0 saturated carbocycles. The van der Waals surface area contributed by atoms with Crippen LogP contribution in [0.15, 0.2) is 18.2 Å². The fraction of sp³-hybridized carbons (Fsp3) is 0.385. The smallest absolute Gasteiger partial charge is 0.221 e. The van der Waals surface area contributed by atoms with Crippen molar-refractivity contribution in [1.82, 2.24) is 14.9 Å². The van der Waals surface area contributed by atoms with Gasteiger partial charge in [0, 0.05) is 26.6 Å². The number of fused-ring (bicyclic) bond motifs is 1. The van der Waals surface area contributed by atoms with Crippen molar-refractivity contribution in [3.8, 4) is 0 Å². The van der Waals surface area contributed by atoms with Crippen molar-refractivity contribution in [1.29, 1.82) is 0 Å². The Morgan fingerprint density at radius 3 is 3.10 bits per heavy atom. The highest BCUT2D eigenvalue weighted by Crippen LogP contribution is 2.20. The molecule has 1 aromatic carbocycles. The lowest BCUT2D eigenvalue weighted by atomic mass is 10.3. The summed E-state index contributed by atoms with van der Waals surface area (Å²) in [6, 6.07) is 4.65. The molecule has 7 heteroatoms. The number of ether oxygens (including phenoxy) is 1. The van der Waals surface area contributed by atoms with Crippen LogP contribution in [-0.2, 0) is 16.1 Å². The molecule has 0 fully saturated rings. The first-order valence-electron chi connectivity index (χ1n) is 6.29. The molecule has 1 aromatic heterocycles. The summed E-state index contributed by atoms with van der Waals surface area (Å²) in [6.45, 7) is 1.28. The lowest BCUT2D eigenvalue weighted by molar-refractivity contribution is -0.121. The molecular formula is C13H17FN4O2. The molecule has 6 nitrogen and oxygen atoms in total. The molecule has 1 amide bonds. The van der Waals surface area contributed by atoms with E-state index in [9.17, 15) is 9.18 Å². The maximum atomic E-state index is 13.6.